The lowest BCUT2D eigenvalue weighted by molar-refractivity contribution is 0.0999. The van der Waals surface area contributed by atoms with E-state index >= 15 is 0 Å². The van der Waals surface area contributed by atoms with Gasteiger partial charge in [0.1, 0.15) is 5.75 Å². The van der Waals surface area contributed by atoms with Crippen molar-refractivity contribution in [2.75, 3.05) is 25.1 Å². The fourth-order valence-electron chi connectivity index (χ4n) is 4.31. The van der Waals surface area contributed by atoms with Gasteiger partial charge in [0.05, 0.1) is 12.7 Å². The summed E-state index contributed by atoms with van der Waals surface area (Å²) in [6, 6.07) is 18.7. The molecule has 3 aromatic rings. The third-order valence-electron chi connectivity index (χ3n) is 6.02. The zero-order valence-electron chi connectivity index (χ0n) is 17.7. The second-order valence-corrected chi connectivity index (χ2v) is 7.89. The van der Waals surface area contributed by atoms with Crippen LogP contribution in [0.25, 0.3) is 11.3 Å². The first-order valence-electron chi connectivity index (χ1n) is 10.5. The van der Waals surface area contributed by atoms with Crippen molar-refractivity contribution in [3.63, 3.8) is 0 Å². The summed E-state index contributed by atoms with van der Waals surface area (Å²) in [6.45, 7) is 4.98. The summed E-state index contributed by atoms with van der Waals surface area (Å²) in [5.74, 6) is 0.467. The van der Waals surface area contributed by atoms with Crippen LogP contribution in [0.1, 0.15) is 34.5 Å². The Morgan fingerprint density at radius 2 is 1.80 bits per heavy atom. The molecule has 30 heavy (non-hydrogen) atoms. The van der Waals surface area contributed by atoms with Crippen LogP contribution in [-0.4, -0.2) is 30.7 Å². The molecule has 1 fully saturated rings. The van der Waals surface area contributed by atoms with Crippen LogP contribution in [-0.2, 0) is 13.0 Å². The fraction of sp³-hybridized carbons (Fsp3) is 0.320. The van der Waals surface area contributed by atoms with Crippen LogP contribution >= 0.6 is 0 Å². The summed E-state index contributed by atoms with van der Waals surface area (Å²) in [5.41, 5.74) is 11.7. The molecule has 0 aliphatic carbocycles. The molecule has 0 saturated carbocycles. The standard InChI is InChI=1S/C25H29N3O2/c1-18-23(25(26)29)17-24(20-8-10-21(11-9-20)27-13-3-4-14-27)28(18)15-12-19-6-5-7-22(16-19)30-2/h5-11,16-17H,3-4,12-15H2,1-2H3,(H2,26,29). The van der Waals surface area contributed by atoms with E-state index in [0.717, 1.165) is 48.8 Å². The van der Waals surface area contributed by atoms with Crippen LogP contribution in [0.3, 0.4) is 0 Å². The molecule has 1 aromatic heterocycles. The normalized spacial score (nSPS) is 13.6. The topological polar surface area (TPSA) is 60.5 Å². The van der Waals surface area contributed by atoms with Gasteiger partial charge in [-0.05, 0) is 67.6 Å². The first-order valence-corrected chi connectivity index (χ1v) is 10.5. The molecule has 0 bridgehead atoms. The van der Waals surface area contributed by atoms with Gasteiger partial charge in [-0.25, -0.2) is 0 Å². The number of nitrogens with two attached hydrogens (primary N) is 1. The van der Waals surface area contributed by atoms with Crippen molar-refractivity contribution in [1.82, 2.24) is 4.57 Å². The van der Waals surface area contributed by atoms with E-state index in [9.17, 15) is 4.79 Å². The largest absolute Gasteiger partial charge is 0.497 e. The van der Waals surface area contributed by atoms with Gasteiger partial charge < -0.3 is 19.9 Å². The molecule has 1 aliphatic rings. The molecule has 0 atom stereocenters. The van der Waals surface area contributed by atoms with Crippen LogP contribution in [0.2, 0.25) is 0 Å². The Labute approximate surface area is 178 Å². The summed E-state index contributed by atoms with van der Waals surface area (Å²) in [6.07, 6.45) is 3.36. The Bertz CT molecular complexity index is 1030. The van der Waals surface area contributed by atoms with E-state index in [0.29, 0.717) is 5.56 Å². The van der Waals surface area contributed by atoms with Crippen molar-refractivity contribution in [1.29, 1.82) is 0 Å². The molecule has 5 heteroatoms. The number of nitrogens with zero attached hydrogens (tertiary/aromatic N) is 2. The monoisotopic (exact) mass is 403 g/mol. The molecule has 2 N–H and O–H groups in total. The summed E-state index contributed by atoms with van der Waals surface area (Å²) in [7, 11) is 1.68. The SMILES string of the molecule is COc1cccc(CCn2c(-c3ccc(N4CCCC4)cc3)cc(C(N)=O)c2C)c1. The van der Waals surface area contributed by atoms with Gasteiger partial charge in [-0.1, -0.05) is 24.3 Å². The number of hydrogen-bond acceptors (Lipinski definition) is 3. The number of rotatable bonds is 7. The Morgan fingerprint density at radius 1 is 1.07 bits per heavy atom. The second kappa shape index (κ2) is 8.66. The zero-order chi connectivity index (χ0) is 21.1. The zero-order valence-corrected chi connectivity index (χ0v) is 17.7. The maximum atomic E-state index is 12.0. The van der Waals surface area contributed by atoms with Gasteiger partial charge in [0.2, 0.25) is 0 Å². The average Bonchev–Trinajstić information content (AvgIpc) is 3.41. The molecule has 1 saturated heterocycles. The highest BCUT2D eigenvalue weighted by Crippen LogP contribution is 2.29. The molecule has 1 aliphatic heterocycles. The number of methoxy groups -OCH3 is 1. The number of anilines is 1. The number of amides is 1. The summed E-state index contributed by atoms with van der Waals surface area (Å²) >= 11 is 0. The van der Waals surface area contributed by atoms with E-state index in [1.807, 2.05) is 25.1 Å². The van der Waals surface area contributed by atoms with Gasteiger partial charge in [-0.3, -0.25) is 4.79 Å². The Balaban J connectivity index is 1.63. The molecular weight excluding hydrogens is 374 g/mol. The first-order chi connectivity index (χ1) is 14.6. The Kier molecular flexibility index (Phi) is 5.79. The second-order valence-electron chi connectivity index (χ2n) is 7.89. The third kappa shape index (κ3) is 4.06. The highest BCUT2D eigenvalue weighted by molar-refractivity contribution is 5.95. The fourth-order valence-corrected chi connectivity index (χ4v) is 4.31. The number of carbonyl (C=O) groups excluding carboxylic acids is 1. The predicted octanol–water partition coefficient (Wildman–Crippen LogP) is 4.41. The Morgan fingerprint density at radius 3 is 2.47 bits per heavy atom. The smallest absolute Gasteiger partial charge is 0.250 e. The molecule has 0 unspecified atom stereocenters. The summed E-state index contributed by atoms with van der Waals surface area (Å²) < 4.78 is 7.54. The van der Waals surface area contributed by atoms with E-state index in [2.05, 4.69) is 45.9 Å². The third-order valence-corrected chi connectivity index (χ3v) is 6.02. The average molecular weight is 404 g/mol. The summed E-state index contributed by atoms with van der Waals surface area (Å²) in [4.78, 5) is 14.4. The molecule has 5 nitrogen and oxygen atoms in total. The van der Waals surface area contributed by atoms with Crippen LogP contribution < -0.4 is 15.4 Å². The van der Waals surface area contributed by atoms with E-state index in [1.165, 1.54) is 24.1 Å². The van der Waals surface area contributed by atoms with Crippen LogP contribution in [0.15, 0.2) is 54.6 Å². The summed E-state index contributed by atoms with van der Waals surface area (Å²) in [5, 5.41) is 0. The minimum atomic E-state index is -0.387. The Hall–Kier alpha value is -3.21. The molecule has 0 spiro atoms. The van der Waals surface area contributed by atoms with E-state index in [1.54, 1.807) is 7.11 Å². The van der Waals surface area contributed by atoms with Crippen molar-refractivity contribution >= 4 is 11.6 Å². The van der Waals surface area contributed by atoms with Crippen LogP contribution in [0, 0.1) is 6.92 Å². The number of ether oxygens (including phenoxy) is 1. The number of primary amides is 1. The number of aromatic nitrogens is 1. The van der Waals surface area contributed by atoms with E-state index in [4.69, 9.17) is 10.5 Å². The van der Waals surface area contributed by atoms with Crippen molar-refractivity contribution in [3.8, 4) is 17.0 Å². The number of hydrogen-bond donors (Lipinski definition) is 1. The van der Waals surface area contributed by atoms with Crippen LogP contribution in [0.4, 0.5) is 5.69 Å². The maximum Gasteiger partial charge on any atom is 0.250 e. The molecular formula is C25H29N3O2. The highest BCUT2D eigenvalue weighted by atomic mass is 16.5. The maximum absolute atomic E-state index is 12.0. The van der Waals surface area contributed by atoms with E-state index in [-0.39, 0.29) is 5.91 Å². The lowest BCUT2D eigenvalue weighted by atomic mass is 10.1. The van der Waals surface area contributed by atoms with Crippen molar-refractivity contribution in [2.24, 2.45) is 5.73 Å². The quantitative estimate of drug-likeness (QED) is 0.635. The predicted molar refractivity (Wildman–Crippen MR) is 121 cm³/mol. The van der Waals surface area contributed by atoms with Gasteiger partial charge in [-0.15, -0.1) is 0 Å². The molecule has 156 valence electrons. The molecule has 2 aromatic carbocycles. The molecule has 2 heterocycles. The number of benzene rings is 2. The number of carbonyl (C=O) groups is 1. The molecule has 0 radical (unpaired) electrons. The van der Waals surface area contributed by atoms with Crippen molar-refractivity contribution in [2.45, 2.75) is 32.7 Å². The van der Waals surface area contributed by atoms with Crippen LogP contribution in [0.5, 0.6) is 5.75 Å². The van der Waals surface area contributed by atoms with Gasteiger partial charge >= 0.3 is 0 Å². The van der Waals surface area contributed by atoms with Gasteiger partial charge in [-0.2, -0.15) is 0 Å². The van der Waals surface area contributed by atoms with Crippen molar-refractivity contribution in [3.05, 3.63) is 71.4 Å². The molecule has 1 amide bonds. The lowest BCUT2D eigenvalue weighted by Crippen LogP contribution is -2.17. The van der Waals surface area contributed by atoms with E-state index < -0.39 is 0 Å². The molecule has 4 rings (SSSR count). The minimum Gasteiger partial charge on any atom is -0.497 e. The van der Waals surface area contributed by atoms with Gasteiger partial charge in [0.25, 0.3) is 5.91 Å². The minimum absolute atomic E-state index is 0.387. The highest BCUT2D eigenvalue weighted by Gasteiger charge is 2.18. The van der Waals surface area contributed by atoms with Gasteiger partial charge in [0, 0.05) is 36.7 Å². The van der Waals surface area contributed by atoms with Gasteiger partial charge in [0.15, 0.2) is 0 Å². The lowest BCUT2D eigenvalue weighted by Gasteiger charge is -2.18. The first kappa shape index (κ1) is 20.1. The number of aryl methyl sites for hydroxylation is 1. The van der Waals surface area contributed by atoms with Crippen molar-refractivity contribution < 1.29 is 9.53 Å².